The van der Waals surface area contributed by atoms with Crippen molar-refractivity contribution in [3.05, 3.63) is 45.8 Å². The Morgan fingerprint density at radius 2 is 2.32 bits per heavy atom. The van der Waals surface area contributed by atoms with Gasteiger partial charge in [0.1, 0.15) is 12.7 Å². The lowest BCUT2D eigenvalue weighted by Gasteiger charge is -2.23. The fourth-order valence-electron chi connectivity index (χ4n) is 1.54. The standard InChI is InChI=1S/C13H19N3O6/c1-3-9(6-17)22-12(8-21-7-11(19)14-2)16-5-4-10(18)15-13(16)20/h3-5,9,12,17H,1,6-8H2,2H3,(H,14,19)(H,15,18,20)/t9-,12-/m1/s1. The van der Waals surface area contributed by atoms with Gasteiger partial charge in [0.2, 0.25) is 5.91 Å². The average molecular weight is 313 g/mol. The highest BCUT2D eigenvalue weighted by Crippen LogP contribution is 2.10. The number of rotatable bonds is 9. The summed E-state index contributed by atoms with van der Waals surface area (Å²) in [5.74, 6) is -0.338. The molecule has 1 amide bonds. The van der Waals surface area contributed by atoms with Gasteiger partial charge in [0.15, 0.2) is 6.23 Å². The SMILES string of the molecule is C=C[C@H](CO)O[C@H](COCC(=O)NC)n1ccc(=O)[nH]c1=O. The zero-order valence-corrected chi connectivity index (χ0v) is 12.2. The number of H-pyrrole nitrogens is 1. The lowest BCUT2D eigenvalue weighted by molar-refractivity contribution is -0.131. The minimum absolute atomic E-state index is 0.135. The Balaban J connectivity index is 2.89. The number of hydrogen-bond donors (Lipinski definition) is 3. The van der Waals surface area contributed by atoms with E-state index in [1.165, 1.54) is 19.3 Å². The van der Waals surface area contributed by atoms with E-state index in [2.05, 4.69) is 16.9 Å². The number of aliphatic hydroxyl groups is 1. The van der Waals surface area contributed by atoms with E-state index in [4.69, 9.17) is 14.6 Å². The van der Waals surface area contributed by atoms with Crippen molar-refractivity contribution in [1.29, 1.82) is 0 Å². The van der Waals surface area contributed by atoms with Gasteiger partial charge >= 0.3 is 5.69 Å². The Hall–Kier alpha value is -2.23. The first kappa shape index (κ1) is 17.8. The van der Waals surface area contributed by atoms with Crippen LogP contribution in [-0.4, -0.2) is 53.5 Å². The molecular weight excluding hydrogens is 294 g/mol. The molecule has 0 aliphatic rings. The normalized spacial score (nSPS) is 13.4. The molecule has 0 spiro atoms. The summed E-state index contributed by atoms with van der Waals surface area (Å²) in [6, 6.07) is 1.15. The summed E-state index contributed by atoms with van der Waals surface area (Å²) in [5.41, 5.74) is -1.24. The Kier molecular flexibility index (Phi) is 7.23. The van der Waals surface area contributed by atoms with E-state index in [-0.39, 0.29) is 25.7 Å². The van der Waals surface area contributed by atoms with Crippen molar-refractivity contribution in [2.75, 3.05) is 26.9 Å². The fourth-order valence-corrected chi connectivity index (χ4v) is 1.54. The highest BCUT2D eigenvalue weighted by atomic mass is 16.6. The number of hydrogen-bond acceptors (Lipinski definition) is 6. The molecular formula is C13H19N3O6. The van der Waals surface area contributed by atoms with Crippen molar-refractivity contribution >= 4 is 5.91 Å². The summed E-state index contributed by atoms with van der Waals surface area (Å²) >= 11 is 0. The largest absolute Gasteiger partial charge is 0.393 e. The number of nitrogens with one attached hydrogen (secondary N) is 2. The summed E-state index contributed by atoms with van der Waals surface area (Å²) in [4.78, 5) is 36.1. The number of aromatic nitrogens is 2. The molecule has 0 radical (unpaired) electrons. The van der Waals surface area contributed by atoms with Crippen LogP contribution in [0, 0.1) is 0 Å². The minimum atomic E-state index is -0.941. The third kappa shape index (κ3) is 5.28. The van der Waals surface area contributed by atoms with Crippen LogP contribution in [0.1, 0.15) is 6.23 Å². The van der Waals surface area contributed by atoms with Crippen LogP contribution in [0.5, 0.6) is 0 Å². The number of carbonyl (C=O) groups is 1. The number of aliphatic hydroxyl groups excluding tert-OH is 1. The van der Waals surface area contributed by atoms with E-state index in [0.717, 1.165) is 10.6 Å². The molecule has 0 aromatic carbocycles. The van der Waals surface area contributed by atoms with Crippen LogP contribution >= 0.6 is 0 Å². The van der Waals surface area contributed by atoms with Gasteiger partial charge in [0.25, 0.3) is 5.56 Å². The van der Waals surface area contributed by atoms with Gasteiger partial charge in [-0.25, -0.2) is 4.79 Å². The molecule has 1 aromatic rings. The maximum atomic E-state index is 11.8. The second kappa shape index (κ2) is 8.93. The van der Waals surface area contributed by atoms with Gasteiger partial charge in [-0.05, 0) is 0 Å². The third-order valence-electron chi connectivity index (χ3n) is 2.71. The molecule has 1 rings (SSSR count). The van der Waals surface area contributed by atoms with Crippen LogP contribution in [0.3, 0.4) is 0 Å². The van der Waals surface area contributed by atoms with Crippen molar-refractivity contribution in [3.8, 4) is 0 Å². The van der Waals surface area contributed by atoms with Crippen molar-refractivity contribution in [1.82, 2.24) is 14.9 Å². The van der Waals surface area contributed by atoms with E-state index < -0.39 is 23.6 Å². The van der Waals surface area contributed by atoms with E-state index in [9.17, 15) is 14.4 Å². The number of aromatic amines is 1. The average Bonchev–Trinajstić information content (AvgIpc) is 2.51. The van der Waals surface area contributed by atoms with Crippen LogP contribution in [0.2, 0.25) is 0 Å². The van der Waals surface area contributed by atoms with Gasteiger partial charge < -0.3 is 19.9 Å². The van der Waals surface area contributed by atoms with Gasteiger partial charge in [-0.3, -0.25) is 19.1 Å². The summed E-state index contributed by atoms with van der Waals surface area (Å²) in [5, 5.41) is 11.5. The summed E-state index contributed by atoms with van der Waals surface area (Å²) in [7, 11) is 1.46. The maximum Gasteiger partial charge on any atom is 0.330 e. The molecule has 3 N–H and O–H groups in total. The Bertz CT molecular complexity index is 608. The molecule has 1 heterocycles. The predicted molar refractivity (Wildman–Crippen MR) is 77.4 cm³/mol. The number of likely N-dealkylation sites (N-methyl/N-ethyl adjacent to an activating group) is 1. The molecule has 22 heavy (non-hydrogen) atoms. The summed E-state index contributed by atoms with van der Waals surface area (Å²) in [6.07, 6.45) is 0.936. The Morgan fingerprint density at radius 1 is 1.59 bits per heavy atom. The zero-order chi connectivity index (χ0) is 16.5. The molecule has 0 fully saturated rings. The predicted octanol–water partition coefficient (Wildman–Crippen LogP) is -1.64. The second-order valence-electron chi connectivity index (χ2n) is 4.25. The molecule has 0 saturated carbocycles. The van der Waals surface area contributed by atoms with Gasteiger partial charge in [-0.15, -0.1) is 6.58 Å². The van der Waals surface area contributed by atoms with E-state index in [1.54, 1.807) is 0 Å². The molecule has 122 valence electrons. The fraction of sp³-hybridized carbons (Fsp3) is 0.462. The smallest absolute Gasteiger partial charge is 0.330 e. The van der Waals surface area contributed by atoms with Crippen LogP contribution < -0.4 is 16.6 Å². The molecule has 0 unspecified atom stereocenters. The molecule has 1 aromatic heterocycles. The second-order valence-corrected chi connectivity index (χ2v) is 4.25. The van der Waals surface area contributed by atoms with Crippen molar-refractivity contribution < 1.29 is 19.4 Å². The first-order valence-corrected chi connectivity index (χ1v) is 6.50. The van der Waals surface area contributed by atoms with Crippen LogP contribution in [-0.2, 0) is 14.3 Å². The van der Waals surface area contributed by atoms with Crippen LogP contribution in [0.4, 0.5) is 0 Å². The monoisotopic (exact) mass is 313 g/mol. The van der Waals surface area contributed by atoms with Crippen molar-refractivity contribution in [3.63, 3.8) is 0 Å². The Morgan fingerprint density at radius 3 is 2.86 bits per heavy atom. The Labute approximate surface area is 126 Å². The first-order valence-electron chi connectivity index (χ1n) is 6.50. The van der Waals surface area contributed by atoms with E-state index in [0.29, 0.717) is 0 Å². The highest BCUT2D eigenvalue weighted by molar-refractivity contribution is 5.76. The first-order chi connectivity index (χ1) is 10.5. The van der Waals surface area contributed by atoms with Crippen LogP contribution in [0.15, 0.2) is 34.5 Å². The van der Waals surface area contributed by atoms with Gasteiger partial charge in [0, 0.05) is 19.3 Å². The molecule has 0 aliphatic heterocycles. The third-order valence-corrected chi connectivity index (χ3v) is 2.71. The lowest BCUT2D eigenvalue weighted by atomic mass is 10.3. The quantitative estimate of drug-likeness (QED) is 0.470. The van der Waals surface area contributed by atoms with Crippen LogP contribution in [0.25, 0.3) is 0 Å². The molecule has 0 bridgehead atoms. The van der Waals surface area contributed by atoms with Crippen molar-refractivity contribution in [2.24, 2.45) is 0 Å². The van der Waals surface area contributed by atoms with Gasteiger partial charge in [-0.2, -0.15) is 0 Å². The molecule has 9 heteroatoms. The van der Waals surface area contributed by atoms with E-state index in [1.807, 2.05) is 0 Å². The number of amides is 1. The molecule has 2 atom stereocenters. The topological polar surface area (TPSA) is 123 Å². The lowest BCUT2D eigenvalue weighted by Crippen LogP contribution is -2.37. The van der Waals surface area contributed by atoms with Gasteiger partial charge in [-0.1, -0.05) is 6.08 Å². The van der Waals surface area contributed by atoms with Crippen molar-refractivity contribution in [2.45, 2.75) is 12.3 Å². The molecule has 0 saturated heterocycles. The number of ether oxygens (including phenoxy) is 2. The minimum Gasteiger partial charge on any atom is -0.393 e. The number of nitrogens with zero attached hydrogens (tertiary/aromatic N) is 1. The van der Waals surface area contributed by atoms with Gasteiger partial charge in [0.05, 0.1) is 13.2 Å². The maximum absolute atomic E-state index is 11.8. The zero-order valence-electron chi connectivity index (χ0n) is 12.2. The summed E-state index contributed by atoms with van der Waals surface area (Å²) in [6.45, 7) is 2.81. The van der Waals surface area contributed by atoms with E-state index >= 15 is 0 Å². The molecule has 9 nitrogen and oxygen atoms in total. The summed E-state index contributed by atoms with van der Waals surface area (Å²) < 4.78 is 11.8. The number of carbonyl (C=O) groups excluding carboxylic acids is 1. The highest BCUT2D eigenvalue weighted by Gasteiger charge is 2.18. The molecule has 0 aliphatic carbocycles.